The fourth-order valence-electron chi connectivity index (χ4n) is 3.39. The summed E-state index contributed by atoms with van der Waals surface area (Å²) in [6.07, 6.45) is 4.09. The van der Waals surface area contributed by atoms with Crippen LogP contribution >= 0.6 is 23.6 Å². The number of fused-ring (bicyclic) bond motifs is 1. The normalized spacial score (nSPS) is 17.4. The highest BCUT2D eigenvalue weighted by Crippen LogP contribution is 2.34. The van der Waals surface area contributed by atoms with Gasteiger partial charge in [0.05, 0.1) is 17.0 Å². The predicted octanol–water partition coefficient (Wildman–Crippen LogP) is 2.74. The molecule has 1 amide bonds. The number of thiazole rings is 1. The van der Waals surface area contributed by atoms with Gasteiger partial charge < -0.3 is 15.5 Å². The lowest BCUT2D eigenvalue weighted by Crippen LogP contribution is -2.36. The van der Waals surface area contributed by atoms with E-state index in [0.29, 0.717) is 45.6 Å². The minimum absolute atomic E-state index is 0.208. The predicted molar refractivity (Wildman–Crippen MR) is 107 cm³/mol. The van der Waals surface area contributed by atoms with E-state index in [2.05, 4.69) is 14.9 Å². The van der Waals surface area contributed by atoms with E-state index in [0.717, 1.165) is 25.9 Å². The molecular formula is C18H18FN5OS2. The van der Waals surface area contributed by atoms with E-state index in [1.165, 1.54) is 27.8 Å². The number of carbonyl (C=O) groups is 1. The molecule has 2 aromatic heterocycles. The van der Waals surface area contributed by atoms with Gasteiger partial charge in [0, 0.05) is 37.6 Å². The van der Waals surface area contributed by atoms with Crippen LogP contribution < -0.4 is 10.6 Å². The third-order valence-corrected chi connectivity index (χ3v) is 6.17. The van der Waals surface area contributed by atoms with Crippen LogP contribution in [0.25, 0.3) is 10.6 Å². The summed E-state index contributed by atoms with van der Waals surface area (Å²) >= 11 is 6.10. The number of nitrogens with two attached hydrogens (primary N) is 1. The lowest BCUT2D eigenvalue weighted by atomic mass is 10.1. The molecule has 1 fully saturated rings. The standard InChI is InChI=1S/C18H18FN5OS2/c19-16-12(3-4-14(22-16)23-6-1-2-7-23)17-21-13-5-8-24(11(9-20)10-26)18(25)15(13)27-17/h3-4,9-10H,1-2,5-8,20H2. The van der Waals surface area contributed by atoms with Gasteiger partial charge in [0.1, 0.15) is 15.7 Å². The first-order chi connectivity index (χ1) is 13.1. The van der Waals surface area contributed by atoms with E-state index in [9.17, 15) is 9.18 Å². The summed E-state index contributed by atoms with van der Waals surface area (Å²) in [6, 6.07) is 3.52. The van der Waals surface area contributed by atoms with Crippen LogP contribution in [0.2, 0.25) is 0 Å². The van der Waals surface area contributed by atoms with Crippen molar-refractivity contribution in [2.24, 2.45) is 5.73 Å². The summed E-state index contributed by atoms with van der Waals surface area (Å²) in [5.41, 5.74) is 7.04. The summed E-state index contributed by atoms with van der Waals surface area (Å²) in [6.45, 7) is 2.25. The Kier molecular flexibility index (Phi) is 4.88. The maximum absolute atomic E-state index is 14.7. The Hall–Kier alpha value is -2.39. The molecule has 140 valence electrons. The zero-order valence-corrected chi connectivity index (χ0v) is 16.2. The molecule has 0 atom stereocenters. The van der Waals surface area contributed by atoms with Gasteiger partial charge in [-0.25, -0.2) is 9.97 Å². The van der Waals surface area contributed by atoms with Crippen molar-refractivity contribution in [3.63, 3.8) is 0 Å². The van der Waals surface area contributed by atoms with Gasteiger partial charge in [-0.3, -0.25) is 4.79 Å². The van der Waals surface area contributed by atoms with Gasteiger partial charge >= 0.3 is 0 Å². The number of nitrogens with zero attached hydrogens (tertiary/aromatic N) is 4. The Morgan fingerprint density at radius 2 is 2.04 bits per heavy atom. The van der Waals surface area contributed by atoms with E-state index < -0.39 is 5.95 Å². The number of rotatable bonds is 4. The van der Waals surface area contributed by atoms with Crippen LogP contribution in [0.5, 0.6) is 0 Å². The van der Waals surface area contributed by atoms with E-state index in [-0.39, 0.29) is 5.91 Å². The third-order valence-electron chi connectivity index (χ3n) is 4.81. The minimum atomic E-state index is -0.559. The van der Waals surface area contributed by atoms with E-state index >= 15 is 0 Å². The van der Waals surface area contributed by atoms with Gasteiger partial charge in [-0.05, 0) is 25.0 Å². The van der Waals surface area contributed by atoms with Gasteiger partial charge in [-0.15, -0.1) is 11.3 Å². The highest BCUT2D eigenvalue weighted by Gasteiger charge is 2.30. The topological polar surface area (TPSA) is 75.3 Å². The molecule has 0 saturated carbocycles. The summed E-state index contributed by atoms with van der Waals surface area (Å²) in [4.78, 5) is 25.5. The number of thiocarbonyl (C=S) groups is 1. The van der Waals surface area contributed by atoms with Crippen molar-refractivity contribution < 1.29 is 9.18 Å². The van der Waals surface area contributed by atoms with Crippen LogP contribution in [0.3, 0.4) is 0 Å². The molecule has 0 aliphatic carbocycles. The van der Waals surface area contributed by atoms with Gasteiger partial charge in [-0.1, -0.05) is 12.2 Å². The number of anilines is 1. The van der Waals surface area contributed by atoms with E-state index in [1.807, 2.05) is 6.07 Å². The second-order valence-corrected chi connectivity index (χ2v) is 7.65. The Morgan fingerprint density at radius 3 is 2.70 bits per heavy atom. The van der Waals surface area contributed by atoms with Crippen LogP contribution in [0, 0.1) is 5.95 Å². The van der Waals surface area contributed by atoms with Gasteiger partial charge in [0.25, 0.3) is 5.91 Å². The van der Waals surface area contributed by atoms with E-state index in [1.54, 1.807) is 6.07 Å². The molecule has 2 aliphatic heterocycles. The highest BCUT2D eigenvalue weighted by molar-refractivity contribution is 7.79. The van der Waals surface area contributed by atoms with Crippen molar-refractivity contribution in [1.29, 1.82) is 0 Å². The number of halogens is 1. The number of pyridine rings is 1. The smallest absolute Gasteiger partial charge is 0.270 e. The van der Waals surface area contributed by atoms with Crippen LogP contribution in [-0.2, 0) is 6.42 Å². The molecule has 2 aromatic rings. The van der Waals surface area contributed by atoms with Crippen molar-refractivity contribution in [2.75, 3.05) is 24.5 Å². The average molecular weight is 404 g/mol. The Balaban J connectivity index is 1.65. The molecule has 2 aliphatic rings. The van der Waals surface area contributed by atoms with Gasteiger partial charge in [0.15, 0.2) is 0 Å². The molecule has 6 nitrogen and oxygen atoms in total. The molecule has 0 radical (unpaired) electrons. The highest BCUT2D eigenvalue weighted by atomic mass is 32.1. The van der Waals surface area contributed by atoms with Gasteiger partial charge in [0.2, 0.25) is 5.95 Å². The summed E-state index contributed by atoms with van der Waals surface area (Å²) in [7, 11) is 0. The quantitative estimate of drug-likeness (QED) is 0.481. The zero-order valence-electron chi connectivity index (χ0n) is 14.5. The first-order valence-corrected chi connectivity index (χ1v) is 10.0. The zero-order chi connectivity index (χ0) is 19.0. The van der Waals surface area contributed by atoms with E-state index in [4.69, 9.17) is 18.0 Å². The second-order valence-electron chi connectivity index (χ2n) is 6.41. The third kappa shape index (κ3) is 3.21. The van der Waals surface area contributed by atoms with Crippen LogP contribution in [0.4, 0.5) is 10.2 Å². The maximum atomic E-state index is 14.7. The number of allylic oxidation sites excluding steroid dienone is 1. The molecule has 0 spiro atoms. The van der Waals surface area contributed by atoms with Gasteiger partial charge in [-0.2, -0.15) is 4.39 Å². The fourth-order valence-corrected chi connectivity index (χ4v) is 4.67. The van der Waals surface area contributed by atoms with Crippen molar-refractivity contribution in [1.82, 2.24) is 14.9 Å². The SMILES string of the molecule is NC=C(C=S)N1CCc2nc(-c3ccc(N4CCCC4)nc3F)sc2C1=O. The molecule has 0 unspecified atom stereocenters. The number of hydrogen-bond donors (Lipinski definition) is 1. The molecule has 9 heteroatoms. The van der Waals surface area contributed by atoms with Crippen molar-refractivity contribution in [2.45, 2.75) is 19.3 Å². The molecule has 0 bridgehead atoms. The molecular weight excluding hydrogens is 385 g/mol. The lowest BCUT2D eigenvalue weighted by Gasteiger charge is -2.25. The Morgan fingerprint density at radius 1 is 1.26 bits per heavy atom. The molecule has 0 aromatic carbocycles. The van der Waals surface area contributed by atoms with Crippen LogP contribution in [0.15, 0.2) is 24.0 Å². The summed E-state index contributed by atoms with van der Waals surface area (Å²) in [5.74, 6) is -0.118. The second kappa shape index (κ2) is 7.32. The minimum Gasteiger partial charge on any atom is -0.403 e. The molecule has 4 heterocycles. The average Bonchev–Trinajstić information content (AvgIpc) is 3.34. The van der Waals surface area contributed by atoms with Crippen molar-refractivity contribution in [3.05, 3.63) is 40.5 Å². The Bertz CT molecular complexity index is 936. The van der Waals surface area contributed by atoms with Crippen LogP contribution in [-0.4, -0.2) is 45.8 Å². The number of hydrogen-bond acceptors (Lipinski definition) is 7. The van der Waals surface area contributed by atoms with Crippen molar-refractivity contribution >= 4 is 40.6 Å². The maximum Gasteiger partial charge on any atom is 0.270 e. The number of carbonyl (C=O) groups excluding carboxylic acids is 1. The molecule has 1 saturated heterocycles. The largest absolute Gasteiger partial charge is 0.403 e. The summed E-state index contributed by atoms with van der Waals surface area (Å²) < 4.78 is 14.7. The number of amides is 1. The first-order valence-electron chi connectivity index (χ1n) is 8.73. The number of aromatic nitrogens is 2. The van der Waals surface area contributed by atoms with Crippen molar-refractivity contribution in [3.8, 4) is 10.6 Å². The molecule has 4 rings (SSSR count). The fraction of sp³-hybridized carbons (Fsp3) is 0.333. The molecule has 27 heavy (non-hydrogen) atoms. The first kappa shape index (κ1) is 18.0. The van der Waals surface area contributed by atoms with Crippen LogP contribution in [0.1, 0.15) is 28.2 Å². The summed E-state index contributed by atoms with van der Waals surface area (Å²) in [5, 5.41) is 1.85. The Labute approximate surface area is 165 Å². The lowest BCUT2D eigenvalue weighted by molar-refractivity contribution is 0.0805. The molecule has 2 N–H and O–H groups in total. The monoisotopic (exact) mass is 403 g/mol.